The molecule has 1 aromatic carbocycles. The Morgan fingerprint density at radius 3 is 2.72 bits per heavy atom. The van der Waals surface area contributed by atoms with E-state index in [4.69, 9.17) is 9.47 Å². The predicted octanol–water partition coefficient (Wildman–Crippen LogP) is 3.76. The van der Waals surface area contributed by atoms with Crippen LogP contribution in [0.15, 0.2) is 42.6 Å². The number of aromatic nitrogens is 1. The van der Waals surface area contributed by atoms with Crippen LogP contribution in [-0.2, 0) is 11.3 Å². The second-order valence-corrected chi connectivity index (χ2v) is 7.69. The molecule has 1 saturated heterocycles. The second kappa shape index (κ2) is 9.74. The van der Waals surface area contributed by atoms with Crippen molar-refractivity contribution in [3.8, 4) is 5.75 Å². The summed E-state index contributed by atoms with van der Waals surface area (Å²) in [5.74, 6) is 1.27. The lowest BCUT2D eigenvalue weighted by Gasteiger charge is -2.27. The summed E-state index contributed by atoms with van der Waals surface area (Å²) in [6, 6.07) is 12.2. The fourth-order valence-corrected chi connectivity index (χ4v) is 3.68. The summed E-state index contributed by atoms with van der Waals surface area (Å²) in [4.78, 5) is 21.5. The van der Waals surface area contributed by atoms with Crippen molar-refractivity contribution in [2.24, 2.45) is 0 Å². The maximum absolute atomic E-state index is 12.5. The topological polar surface area (TPSA) is 54.9 Å². The van der Waals surface area contributed by atoms with Gasteiger partial charge in [0.25, 0.3) is 0 Å². The fourth-order valence-electron chi connectivity index (χ4n) is 3.68. The van der Waals surface area contributed by atoms with Gasteiger partial charge in [-0.2, -0.15) is 0 Å². The number of likely N-dealkylation sites (N-methyl/N-ethyl adjacent to an activating group) is 1. The summed E-state index contributed by atoms with van der Waals surface area (Å²) in [5.41, 5.74) is 1.80. The first-order valence-corrected chi connectivity index (χ1v) is 10.3. The number of ether oxygens (including phenoxy) is 2. The van der Waals surface area contributed by atoms with Gasteiger partial charge in [-0.1, -0.05) is 12.1 Å². The zero-order chi connectivity index (χ0) is 20.8. The average Bonchev–Trinajstić information content (AvgIpc) is 3.17. The molecule has 6 heteroatoms. The smallest absolute Gasteiger partial charge is 0.342 e. The van der Waals surface area contributed by atoms with Gasteiger partial charge in [-0.05, 0) is 57.0 Å². The van der Waals surface area contributed by atoms with Gasteiger partial charge in [0.1, 0.15) is 17.1 Å². The highest BCUT2D eigenvalue weighted by Crippen LogP contribution is 2.25. The Morgan fingerprint density at radius 1 is 1.28 bits per heavy atom. The molecule has 0 bridgehead atoms. The Hall–Kier alpha value is -2.60. The van der Waals surface area contributed by atoms with E-state index in [1.807, 2.05) is 40.0 Å². The van der Waals surface area contributed by atoms with Gasteiger partial charge in [0, 0.05) is 38.9 Å². The van der Waals surface area contributed by atoms with Gasteiger partial charge in [0.05, 0.1) is 12.7 Å². The Labute approximate surface area is 173 Å². The molecular weight excluding hydrogens is 366 g/mol. The zero-order valence-electron chi connectivity index (χ0n) is 17.8. The highest BCUT2D eigenvalue weighted by molar-refractivity contribution is 5.94. The molecule has 156 valence electrons. The molecule has 2 aromatic rings. The van der Waals surface area contributed by atoms with Crippen molar-refractivity contribution >= 4 is 11.8 Å². The second-order valence-electron chi connectivity index (χ2n) is 7.69. The fraction of sp³-hybridized carbons (Fsp3) is 0.478. The average molecular weight is 398 g/mol. The molecule has 1 aliphatic heterocycles. The zero-order valence-corrected chi connectivity index (χ0v) is 17.8. The van der Waals surface area contributed by atoms with Crippen LogP contribution < -0.4 is 9.64 Å². The number of anilines is 1. The van der Waals surface area contributed by atoms with E-state index in [9.17, 15) is 4.79 Å². The maximum Gasteiger partial charge on any atom is 0.342 e. The molecule has 29 heavy (non-hydrogen) atoms. The molecule has 0 spiro atoms. The third-order valence-electron chi connectivity index (χ3n) is 5.12. The van der Waals surface area contributed by atoms with E-state index in [-0.39, 0.29) is 12.1 Å². The van der Waals surface area contributed by atoms with E-state index >= 15 is 0 Å². The van der Waals surface area contributed by atoms with Crippen molar-refractivity contribution < 1.29 is 14.3 Å². The lowest BCUT2D eigenvalue weighted by atomic mass is 10.2. The van der Waals surface area contributed by atoms with E-state index in [1.54, 1.807) is 18.3 Å². The van der Waals surface area contributed by atoms with Gasteiger partial charge in [-0.3, -0.25) is 4.90 Å². The molecule has 0 radical (unpaired) electrons. The number of pyridine rings is 1. The maximum atomic E-state index is 12.5. The molecule has 1 fully saturated rings. The monoisotopic (exact) mass is 397 g/mol. The third kappa shape index (κ3) is 5.48. The first kappa shape index (κ1) is 21.1. The normalized spacial score (nSPS) is 16.8. The standard InChI is InChI=1S/C23H31N3O3/c1-5-28-20-10-8-18(9-11-20)15-26-14-12-19(16-26)25(4)22-21(7-6-13-24-22)23(27)29-17(2)3/h6-11,13,17,19H,5,12,14-16H2,1-4H3/t19-/m1/s1. The molecule has 0 aliphatic carbocycles. The van der Waals surface area contributed by atoms with Gasteiger partial charge in [0.2, 0.25) is 0 Å². The number of likely N-dealkylation sites (tertiary alicyclic amines) is 1. The van der Waals surface area contributed by atoms with E-state index < -0.39 is 0 Å². The van der Waals surface area contributed by atoms with Crippen LogP contribution in [0.5, 0.6) is 5.75 Å². The van der Waals surface area contributed by atoms with Gasteiger partial charge in [-0.25, -0.2) is 9.78 Å². The quantitative estimate of drug-likeness (QED) is 0.632. The highest BCUT2D eigenvalue weighted by atomic mass is 16.5. The summed E-state index contributed by atoms with van der Waals surface area (Å²) in [5, 5.41) is 0. The first-order valence-electron chi connectivity index (χ1n) is 10.3. The lowest BCUT2D eigenvalue weighted by molar-refractivity contribution is 0.0378. The van der Waals surface area contributed by atoms with E-state index in [0.717, 1.165) is 31.8 Å². The first-order chi connectivity index (χ1) is 14.0. The van der Waals surface area contributed by atoms with Crippen LogP contribution in [0.4, 0.5) is 5.82 Å². The van der Waals surface area contributed by atoms with Crippen LogP contribution in [0.2, 0.25) is 0 Å². The summed E-state index contributed by atoms with van der Waals surface area (Å²) in [7, 11) is 2.01. The minimum Gasteiger partial charge on any atom is -0.494 e. The van der Waals surface area contributed by atoms with Gasteiger partial charge >= 0.3 is 5.97 Å². The Morgan fingerprint density at radius 2 is 2.03 bits per heavy atom. The van der Waals surface area contributed by atoms with E-state index in [1.165, 1.54) is 5.56 Å². The third-order valence-corrected chi connectivity index (χ3v) is 5.12. The number of carbonyl (C=O) groups excluding carboxylic acids is 1. The van der Waals surface area contributed by atoms with Crippen molar-refractivity contribution in [3.63, 3.8) is 0 Å². The Balaban J connectivity index is 1.63. The van der Waals surface area contributed by atoms with Crippen LogP contribution >= 0.6 is 0 Å². The molecule has 0 saturated carbocycles. The van der Waals surface area contributed by atoms with Crippen molar-refractivity contribution in [2.75, 3.05) is 31.6 Å². The predicted molar refractivity (Wildman–Crippen MR) is 114 cm³/mol. The number of hydrogen-bond acceptors (Lipinski definition) is 6. The molecule has 1 aliphatic rings. The summed E-state index contributed by atoms with van der Waals surface area (Å²) in [6.07, 6.45) is 2.60. The van der Waals surface area contributed by atoms with Crippen molar-refractivity contribution in [3.05, 3.63) is 53.7 Å². The number of benzene rings is 1. The highest BCUT2D eigenvalue weighted by Gasteiger charge is 2.29. The molecule has 1 atom stereocenters. The van der Waals surface area contributed by atoms with Crippen LogP contribution in [0.3, 0.4) is 0 Å². The molecule has 1 aromatic heterocycles. The Kier molecular flexibility index (Phi) is 7.09. The molecular formula is C23H31N3O3. The molecule has 6 nitrogen and oxygen atoms in total. The van der Waals surface area contributed by atoms with Crippen molar-refractivity contribution in [2.45, 2.75) is 45.9 Å². The number of hydrogen-bond donors (Lipinski definition) is 0. The van der Waals surface area contributed by atoms with Crippen molar-refractivity contribution in [1.82, 2.24) is 9.88 Å². The SMILES string of the molecule is CCOc1ccc(CN2CC[C@@H](N(C)c3ncccc3C(=O)OC(C)C)C2)cc1. The molecule has 0 amide bonds. The van der Waals surface area contributed by atoms with Crippen LogP contribution in [0.25, 0.3) is 0 Å². The molecule has 0 N–H and O–H groups in total. The number of nitrogens with zero attached hydrogens (tertiary/aromatic N) is 3. The minimum atomic E-state index is -0.320. The largest absolute Gasteiger partial charge is 0.494 e. The summed E-state index contributed by atoms with van der Waals surface area (Å²) in [6.45, 7) is 9.23. The van der Waals surface area contributed by atoms with E-state index in [0.29, 0.717) is 24.0 Å². The lowest BCUT2D eigenvalue weighted by Crippen LogP contribution is -2.36. The van der Waals surface area contributed by atoms with E-state index in [2.05, 4.69) is 26.9 Å². The summed E-state index contributed by atoms with van der Waals surface area (Å²) >= 11 is 0. The van der Waals surface area contributed by atoms with Gasteiger partial charge < -0.3 is 14.4 Å². The number of esters is 1. The molecule has 3 rings (SSSR count). The minimum absolute atomic E-state index is 0.156. The van der Waals surface area contributed by atoms with Crippen LogP contribution in [0.1, 0.15) is 43.1 Å². The number of carbonyl (C=O) groups is 1. The molecule has 2 heterocycles. The van der Waals surface area contributed by atoms with Crippen molar-refractivity contribution in [1.29, 1.82) is 0 Å². The molecule has 0 unspecified atom stereocenters. The summed E-state index contributed by atoms with van der Waals surface area (Å²) < 4.78 is 10.9. The van der Waals surface area contributed by atoms with Crippen LogP contribution in [-0.4, -0.2) is 54.7 Å². The van der Waals surface area contributed by atoms with Gasteiger partial charge in [-0.15, -0.1) is 0 Å². The van der Waals surface area contributed by atoms with Gasteiger partial charge in [0.15, 0.2) is 0 Å². The Bertz CT molecular complexity index is 807. The number of rotatable bonds is 8. The van der Waals surface area contributed by atoms with Crippen LogP contribution in [0, 0.1) is 0 Å².